The fraction of sp³-hybridized carbons (Fsp3) is 0.722. The lowest BCUT2D eigenvalue weighted by Gasteiger charge is -2.35. The number of rotatable bonds is 4. The second kappa shape index (κ2) is 7.70. The molecule has 7 nitrogen and oxygen atoms in total. The number of nitrogens with two attached hydrogens (primary N) is 1. The summed E-state index contributed by atoms with van der Waals surface area (Å²) in [6, 6.07) is 1.56. The molecule has 0 radical (unpaired) electrons. The standard InChI is InChI=1S/C18H30N4O3S/c1-14-6-5-8-21(12-14)26(24,25)16-10-17(20(2)13-16)18(23)22-9-4-3-7-15(22)11-19/h10,13-15H,3-9,11-12,19H2,1-2H3. The number of hydrogen-bond donors (Lipinski definition) is 1. The topological polar surface area (TPSA) is 88.6 Å². The third-order valence-corrected chi connectivity index (χ3v) is 7.45. The molecule has 2 fully saturated rings. The number of hydrogen-bond acceptors (Lipinski definition) is 4. The first kappa shape index (κ1) is 19.4. The lowest BCUT2D eigenvalue weighted by atomic mass is 10.0. The Morgan fingerprint density at radius 1 is 1.23 bits per heavy atom. The summed E-state index contributed by atoms with van der Waals surface area (Å²) in [5, 5.41) is 0. The zero-order valence-corrected chi connectivity index (χ0v) is 16.5. The van der Waals surface area contributed by atoms with Gasteiger partial charge >= 0.3 is 0 Å². The molecule has 2 unspecified atom stereocenters. The van der Waals surface area contributed by atoms with E-state index >= 15 is 0 Å². The Morgan fingerprint density at radius 3 is 2.69 bits per heavy atom. The van der Waals surface area contributed by atoms with Crippen molar-refractivity contribution >= 4 is 15.9 Å². The van der Waals surface area contributed by atoms with Crippen molar-refractivity contribution in [2.45, 2.75) is 50.0 Å². The van der Waals surface area contributed by atoms with Crippen molar-refractivity contribution in [1.82, 2.24) is 13.8 Å². The average Bonchev–Trinajstić information content (AvgIpc) is 3.03. The van der Waals surface area contributed by atoms with Crippen LogP contribution >= 0.6 is 0 Å². The van der Waals surface area contributed by atoms with Crippen molar-refractivity contribution in [3.63, 3.8) is 0 Å². The van der Waals surface area contributed by atoms with Crippen LogP contribution < -0.4 is 5.73 Å². The fourth-order valence-electron chi connectivity index (χ4n) is 4.06. The highest BCUT2D eigenvalue weighted by molar-refractivity contribution is 7.89. The van der Waals surface area contributed by atoms with Gasteiger partial charge in [-0.1, -0.05) is 6.92 Å². The SMILES string of the molecule is CC1CCCN(S(=O)(=O)c2cc(C(=O)N3CCCCC3CN)n(C)c2)C1. The largest absolute Gasteiger partial charge is 0.345 e. The minimum atomic E-state index is -3.56. The van der Waals surface area contributed by atoms with Crippen LogP contribution in [0.4, 0.5) is 0 Å². The van der Waals surface area contributed by atoms with Gasteiger partial charge in [0.15, 0.2) is 0 Å². The smallest absolute Gasteiger partial charge is 0.270 e. The van der Waals surface area contributed by atoms with Gasteiger partial charge in [-0.15, -0.1) is 0 Å². The molecule has 0 spiro atoms. The molecule has 8 heteroatoms. The van der Waals surface area contributed by atoms with Crippen LogP contribution in [-0.4, -0.2) is 60.3 Å². The van der Waals surface area contributed by atoms with Crippen molar-refractivity contribution in [2.75, 3.05) is 26.2 Å². The highest BCUT2D eigenvalue weighted by atomic mass is 32.2. The molecule has 26 heavy (non-hydrogen) atoms. The van der Waals surface area contributed by atoms with Gasteiger partial charge in [0, 0.05) is 45.5 Å². The van der Waals surface area contributed by atoms with Crippen LogP contribution in [0.1, 0.15) is 49.5 Å². The van der Waals surface area contributed by atoms with E-state index in [1.54, 1.807) is 27.0 Å². The highest BCUT2D eigenvalue weighted by Gasteiger charge is 2.33. The van der Waals surface area contributed by atoms with E-state index in [1.807, 2.05) is 0 Å². The maximum atomic E-state index is 13.0. The zero-order chi connectivity index (χ0) is 18.9. The van der Waals surface area contributed by atoms with Crippen molar-refractivity contribution in [2.24, 2.45) is 18.7 Å². The fourth-order valence-corrected chi connectivity index (χ4v) is 5.73. The van der Waals surface area contributed by atoms with Gasteiger partial charge in [-0.2, -0.15) is 4.31 Å². The zero-order valence-electron chi connectivity index (χ0n) is 15.7. The van der Waals surface area contributed by atoms with Gasteiger partial charge in [-0.05, 0) is 44.1 Å². The number of aromatic nitrogens is 1. The van der Waals surface area contributed by atoms with Crippen LogP contribution in [0.2, 0.25) is 0 Å². The molecule has 0 bridgehead atoms. The predicted octanol–water partition coefficient (Wildman–Crippen LogP) is 1.40. The average molecular weight is 383 g/mol. The predicted molar refractivity (Wildman–Crippen MR) is 100 cm³/mol. The molecular weight excluding hydrogens is 352 g/mol. The van der Waals surface area contributed by atoms with E-state index in [-0.39, 0.29) is 16.8 Å². The van der Waals surface area contributed by atoms with E-state index in [9.17, 15) is 13.2 Å². The minimum Gasteiger partial charge on any atom is -0.345 e. The minimum absolute atomic E-state index is 0.0363. The van der Waals surface area contributed by atoms with Crippen molar-refractivity contribution in [1.29, 1.82) is 0 Å². The molecule has 2 saturated heterocycles. The summed E-state index contributed by atoms with van der Waals surface area (Å²) >= 11 is 0. The van der Waals surface area contributed by atoms with Crippen LogP contribution in [0, 0.1) is 5.92 Å². The van der Waals surface area contributed by atoms with Crippen LogP contribution in [0.5, 0.6) is 0 Å². The Morgan fingerprint density at radius 2 is 2.00 bits per heavy atom. The molecule has 2 N–H and O–H groups in total. The monoisotopic (exact) mass is 382 g/mol. The van der Waals surface area contributed by atoms with Crippen molar-refractivity contribution in [3.8, 4) is 0 Å². The van der Waals surface area contributed by atoms with Crippen molar-refractivity contribution < 1.29 is 13.2 Å². The third-order valence-electron chi connectivity index (χ3n) is 5.62. The summed E-state index contributed by atoms with van der Waals surface area (Å²) < 4.78 is 29.2. The maximum absolute atomic E-state index is 13.0. The Kier molecular flexibility index (Phi) is 5.74. The Balaban J connectivity index is 1.85. The number of carbonyl (C=O) groups excluding carboxylic acids is 1. The maximum Gasteiger partial charge on any atom is 0.270 e. The number of amides is 1. The molecule has 3 rings (SSSR count). The lowest BCUT2D eigenvalue weighted by molar-refractivity contribution is 0.0613. The van der Waals surface area contributed by atoms with Gasteiger partial charge in [-0.3, -0.25) is 4.79 Å². The van der Waals surface area contributed by atoms with Gasteiger partial charge in [0.25, 0.3) is 5.91 Å². The molecule has 0 saturated carbocycles. The Hall–Kier alpha value is -1.38. The second-order valence-electron chi connectivity index (χ2n) is 7.67. The molecule has 146 valence electrons. The van der Waals surface area contributed by atoms with E-state index in [1.165, 1.54) is 6.07 Å². The molecule has 1 amide bonds. The molecule has 3 heterocycles. The summed E-state index contributed by atoms with van der Waals surface area (Å²) in [5.41, 5.74) is 6.24. The Bertz CT molecular complexity index is 758. The van der Waals surface area contributed by atoms with Gasteiger partial charge < -0.3 is 15.2 Å². The first-order valence-electron chi connectivity index (χ1n) is 9.52. The summed E-state index contributed by atoms with van der Waals surface area (Å²) in [4.78, 5) is 15.0. The summed E-state index contributed by atoms with van der Waals surface area (Å²) in [7, 11) is -1.83. The van der Waals surface area contributed by atoms with Gasteiger partial charge in [0.2, 0.25) is 10.0 Å². The Labute approximate surface area is 156 Å². The number of nitrogens with zero attached hydrogens (tertiary/aromatic N) is 3. The van der Waals surface area contributed by atoms with E-state index in [0.717, 1.165) is 32.1 Å². The highest BCUT2D eigenvalue weighted by Crippen LogP contribution is 2.26. The van der Waals surface area contributed by atoms with E-state index < -0.39 is 10.0 Å². The van der Waals surface area contributed by atoms with Crippen LogP contribution in [0.25, 0.3) is 0 Å². The van der Waals surface area contributed by atoms with E-state index in [0.29, 0.717) is 37.8 Å². The van der Waals surface area contributed by atoms with E-state index in [2.05, 4.69) is 6.92 Å². The molecule has 1 aromatic heterocycles. The quantitative estimate of drug-likeness (QED) is 0.852. The number of sulfonamides is 1. The number of likely N-dealkylation sites (tertiary alicyclic amines) is 1. The number of piperidine rings is 2. The molecule has 2 aliphatic rings. The summed E-state index contributed by atoms with van der Waals surface area (Å²) in [6.45, 7) is 4.28. The van der Waals surface area contributed by atoms with Gasteiger partial charge in [0.1, 0.15) is 10.6 Å². The molecule has 0 aliphatic carbocycles. The van der Waals surface area contributed by atoms with Crippen molar-refractivity contribution in [3.05, 3.63) is 18.0 Å². The number of carbonyl (C=O) groups is 1. The van der Waals surface area contributed by atoms with E-state index in [4.69, 9.17) is 5.73 Å². The molecule has 1 aromatic rings. The molecule has 2 atom stereocenters. The van der Waals surface area contributed by atoms with Gasteiger partial charge in [-0.25, -0.2) is 8.42 Å². The lowest BCUT2D eigenvalue weighted by Crippen LogP contribution is -2.47. The third kappa shape index (κ3) is 3.68. The first-order chi connectivity index (χ1) is 12.3. The molecule has 0 aromatic carbocycles. The molecular formula is C18H30N4O3S. The first-order valence-corrected chi connectivity index (χ1v) is 11.0. The van der Waals surface area contributed by atoms with Crippen LogP contribution in [0.3, 0.4) is 0 Å². The number of aryl methyl sites for hydroxylation is 1. The molecule has 2 aliphatic heterocycles. The van der Waals surface area contributed by atoms with Crippen LogP contribution in [-0.2, 0) is 17.1 Å². The van der Waals surface area contributed by atoms with Gasteiger partial charge in [0.05, 0.1) is 0 Å². The second-order valence-corrected chi connectivity index (χ2v) is 9.60. The normalized spacial score (nSPS) is 25.4. The summed E-state index contributed by atoms with van der Waals surface area (Å²) in [6.07, 6.45) is 6.44. The van der Waals surface area contributed by atoms with Crippen LogP contribution in [0.15, 0.2) is 17.2 Å². The summed E-state index contributed by atoms with van der Waals surface area (Å²) in [5.74, 6) is 0.234.